The number of likely N-dealkylation sites (tertiary alicyclic amines) is 1. The maximum Gasteiger partial charge on any atom is 0.257 e. The van der Waals surface area contributed by atoms with Crippen LogP contribution in [0.5, 0.6) is 17.2 Å². The van der Waals surface area contributed by atoms with Gasteiger partial charge in [0.05, 0.1) is 32.9 Å². The van der Waals surface area contributed by atoms with E-state index in [4.69, 9.17) is 18.9 Å². The highest BCUT2D eigenvalue weighted by Gasteiger charge is 2.38. The van der Waals surface area contributed by atoms with Crippen LogP contribution in [0.15, 0.2) is 42.5 Å². The SMILES string of the molecule is CCN1CCCCCCCCO[C@@H]2CN(C(=O)CCc3ccc(OC)c(OC)c3)C[C@H]2Oc2ccccc2C1=O. The number of ether oxygens (including phenoxy) is 4. The van der Waals surface area contributed by atoms with Crippen LogP contribution in [0.3, 0.4) is 0 Å². The van der Waals surface area contributed by atoms with E-state index in [1.165, 1.54) is 6.42 Å². The molecular weight excluding hydrogens is 508 g/mol. The van der Waals surface area contributed by atoms with Crippen LogP contribution in [0, 0.1) is 0 Å². The van der Waals surface area contributed by atoms with Crippen molar-refractivity contribution in [1.29, 1.82) is 0 Å². The Morgan fingerprint density at radius 1 is 0.925 bits per heavy atom. The Kier molecular flexibility index (Phi) is 11.1. The molecule has 2 aromatic carbocycles. The van der Waals surface area contributed by atoms with E-state index in [1.807, 2.05) is 59.2 Å². The van der Waals surface area contributed by atoms with E-state index in [1.54, 1.807) is 14.2 Å². The van der Waals surface area contributed by atoms with Gasteiger partial charge in [-0.1, -0.05) is 43.9 Å². The first-order chi connectivity index (χ1) is 19.5. The molecule has 1 saturated heterocycles. The number of para-hydroxylation sites is 1. The molecule has 218 valence electrons. The topological polar surface area (TPSA) is 77.5 Å². The molecular formula is C32H44N2O6. The van der Waals surface area contributed by atoms with Gasteiger partial charge in [0, 0.05) is 26.1 Å². The quantitative estimate of drug-likeness (QED) is 0.495. The van der Waals surface area contributed by atoms with Gasteiger partial charge in [-0.05, 0) is 56.0 Å². The zero-order chi connectivity index (χ0) is 28.3. The van der Waals surface area contributed by atoms with E-state index in [0.717, 1.165) is 44.2 Å². The maximum atomic E-state index is 13.5. The molecule has 2 atom stereocenters. The lowest BCUT2D eigenvalue weighted by Crippen LogP contribution is -2.35. The Hall–Kier alpha value is -3.26. The minimum Gasteiger partial charge on any atom is -0.493 e. The molecule has 2 aliphatic rings. The molecule has 0 saturated carbocycles. The summed E-state index contributed by atoms with van der Waals surface area (Å²) in [5, 5.41) is 0. The van der Waals surface area contributed by atoms with E-state index >= 15 is 0 Å². The first-order valence-corrected chi connectivity index (χ1v) is 14.7. The fourth-order valence-electron chi connectivity index (χ4n) is 5.50. The molecule has 0 radical (unpaired) electrons. The van der Waals surface area contributed by atoms with Crippen molar-refractivity contribution in [3.8, 4) is 17.2 Å². The number of benzene rings is 2. The van der Waals surface area contributed by atoms with Crippen molar-refractivity contribution in [3.05, 3.63) is 53.6 Å². The summed E-state index contributed by atoms with van der Waals surface area (Å²) in [4.78, 5) is 30.5. The summed E-state index contributed by atoms with van der Waals surface area (Å²) < 4.78 is 23.5. The lowest BCUT2D eigenvalue weighted by Gasteiger charge is -2.25. The van der Waals surface area contributed by atoms with Crippen LogP contribution in [0.4, 0.5) is 0 Å². The van der Waals surface area contributed by atoms with Gasteiger partial charge in [0.1, 0.15) is 18.0 Å². The molecule has 0 aromatic heterocycles. The number of hydrogen-bond donors (Lipinski definition) is 0. The van der Waals surface area contributed by atoms with Crippen molar-refractivity contribution in [2.75, 3.05) is 47.0 Å². The number of methoxy groups -OCH3 is 2. The Bertz CT molecular complexity index is 1120. The molecule has 1 fully saturated rings. The molecule has 0 bridgehead atoms. The largest absolute Gasteiger partial charge is 0.493 e. The molecule has 0 aliphatic carbocycles. The average Bonchev–Trinajstić information content (AvgIpc) is 3.38. The highest BCUT2D eigenvalue weighted by Crippen LogP contribution is 2.29. The normalized spacial score (nSPS) is 20.8. The van der Waals surface area contributed by atoms with Gasteiger partial charge in [-0.15, -0.1) is 0 Å². The molecule has 2 amide bonds. The molecule has 8 heteroatoms. The third kappa shape index (κ3) is 7.68. The number of carbonyl (C=O) groups is 2. The molecule has 2 heterocycles. The summed E-state index contributed by atoms with van der Waals surface area (Å²) in [7, 11) is 3.21. The number of fused-ring (bicyclic) bond motifs is 2. The van der Waals surface area contributed by atoms with Gasteiger partial charge >= 0.3 is 0 Å². The molecule has 40 heavy (non-hydrogen) atoms. The van der Waals surface area contributed by atoms with Gasteiger partial charge in [0.15, 0.2) is 11.5 Å². The molecule has 4 rings (SSSR count). The molecule has 0 N–H and O–H groups in total. The van der Waals surface area contributed by atoms with Crippen molar-refractivity contribution in [3.63, 3.8) is 0 Å². The average molecular weight is 553 g/mol. The van der Waals surface area contributed by atoms with Crippen molar-refractivity contribution in [2.24, 2.45) is 0 Å². The van der Waals surface area contributed by atoms with Gasteiger partial charge in [-0.3, -0.25) is 9.59 Å². The number of amides is 2. The number of rotatable bonds is 6. The van der Waals surface area contributed by atoms with Crippen LogP contribution in [0.1, 0.15) is 67.8 Å². The molecule has 0 spiro atoms. The van der Waals surface area contributed by atoms with Crippen LogP contribution in [-0.4, -0.2) is 80.8 Å². The minimum absolute atomic E-state index is 0.0106. The lowest BCUT2D eigenvalue weighted by molar-refractivity contribution is -0.130. The summed E-state index contributed by atoms with van der Waals surface area (Å²) >= 11 is 0. The smallest absolute Gasteiger partial charge is 0.257 e. The third-order valence-electron chi connectivity index (χ3n) is 7.86. The van der Waals surface area contributed by atoms with E-state index in [9.17, 15) is 9.59 Å². The monoisotopic (exact) mass is 552 g/mol. The number of nitrogens with zero attached hydrogens (tertiary/aromatic N) is 2. The standard InChI is InChI=1S/C32H44N2O6/c1-4-33-19-11-7-5-6-8-12-20-39-29-22-34(23-30(29)40-26-14-10-9-13-25(26)32(33)36)31(35)18-16-24-15-17-27(37-2)28(21-24)38-3/h9-10,13-15,17,21,29-30H,4-8,11-12,16,18-20,22-23H2,1-3H3/t29-,30-/m1/s1. The third-order valence-corrected chi connectivity index (χ3v) is 7.86. The van der Waals surface area contributed by atoms with Gasteiger partial charge < -0.3 is 28.7 Å². The van der Waals surface area contributed by atoms with E-state index in [-0.39, 0.29) is 24.0 Å². The first-order valence-electron chi connectivity index (χ1n) is 14.7. The highest BCUT2D eigenvalue weighted by molar-refractivity contribution is 5.97. The first kappa shape index (κ1) is 29.7. The van der Waals surface area contributed by atoms with E-state index in [2.05, 4.69) is 0 Å². The fraction of sp³-hybridized carbons (Fsp3) is 0.562. The molecule has 2 aliphatic heterocycles. The summed E-state index contributed by atoms with van der Waals surface area (Å²) in [5.74, 6) is 1.92. The Balaban J connectivity index is 1.47. The Morgan fingerprint density at radius 2 is 1.65 bits per heavy atom. The van der Waals surface area contributed by atoms with Crippen LogP contribution >= 0.6 is 0 Å². The van der Waals surface area contributed by atoms with Crippen molar-refractivity contribution in [2.45, 2.75) is 70.5 Å². The van der Waals surface area contributed by atoms with E-state index < -0.39 is 0 Å². The second-order valence-corrected chi connectivity index (χ2v) is 10.6. The van der Waals surface area contributed by atoms with Crippen molar-refractivity contribution in [1.82, 2.24) is 9.80 Å². The van der Waals surface area contributed by atoms with Crippen LogP contribution in [0.2, 0.25) is 0 Å². The van der Waals surface area contributed by atoms with Crippen molar-refractivity contribution >= 4 is 11.8 Å². The maximum absolute atomic E-state index is 13.5. The number of carbonyl (C=O) groups excluding carboxylic acids is 2. The lowest BCUT2D eigenvalue weighted by atomic mass is 10.1. The second kappa shape index (κ2) is 14.9. The van der Waals surface area contributed by atoms with Gasteiger partial charge in [0.25, 0.3) is 5.91 Å². The van der Waals surface area contributed by atoms with Gasteiger partial charge in [-0.25, -0.2) is 0 Å². The van der Waals surface area contributed by atoms with Crippen LogP contribution < -0.4 is 14.2 Å². The number of hydrogen-bond acceptors (Lipinski definition) is 6. The number of aryl methyl sites for hydroxylation is 1. The molecule has 8 nitrogen and oxygen atoms in total. The van der Waals surface area contributed by atoms with Crippen LogP contribution in [0.25, 0.3) is 0 Å². The summed E-state index contributed by atoms with van der Waals surface area (Å²) in [5.41, 5.74) is 1.57. The minimum atomic E-state index is -0.345. The predicted octanol–water partition coefficient (Wildman–Crippen LogP) is 5.13. The fourth-order valence-corrected chi connectivity index (χ4v) is 5.50. The van der Waals surface area contributed by atoms with Gasteiger partial charge in [0.2, 0.25) is 5.91 Å². The van der Waals surface area contributed by atoms with Crippen LogP contribution in [-0.2, 0) is 16.0 Å². The Labute approximate surface area is 238 Å². The van der Waals surface area contributed by atoms with Gasteiger partial charge in [-0.2, -0.15) is 0 Å². The zero-order valence-electron chi connectivity index (χ0n) is 24.2. The predicted molar refractivity (Wildman–Crippen MR) is 154 cm³/mol. The molecule has 0 unspecified atom stereocenters. The summed E-state index contributed by atoms with van der Waals surface area (Å²) in [6.45, 7) is 4.97. The summed E-state index contributed by atoms with van der Waals surface area (Å²) in [6.07, 6.45) is 6.94. The Morgan fingerprint density at radius 3 is 2.42 bits per heavy atom. The van der Waals surface area contributed by atoms with E-state index in [0.29, 0.717) is 61.9 Å². The second-order valence-electron chi connectivity index (χ2n) is 10.6. The summed E-state index contributed by atoms with van der Waals surface area (Å²) in [6, 6.07) is 13.2. The highest BCUT2D eigenvalue weighted by atomic mass is 16.5. The molecule has 2 aromatic rings. The van der Waals surface area contributed by atoms with Crippen molar-refractivity contribution < 1.29 is 28.5 Å². The zero-order valence-corrected chi connectivity index (χ0v) is 24.2.